The summed E-state index contributed by atoms with van der Waals surface area (Å²) in [5.74, 6) is 4.46. The molecule has 4 heteroatoms. The van der Waals surface area contributed by atoms with Crippen molar-refractivity contribution < 1.29 is 19.1 Å². The normalized spacial score (nSPS) is 18.5. The Morgan fingerprint density at radius 1 is 1.21 bits per heavy atom. The minimum atomic E-state index is -0.432. The molecular weight excluding hydrogens is 352 g/mol. The van der Waals surface area contributed by atoms with E-state index in [1.807, 2.05) is 30.3 Å². The summed E-state index contributed by atoms with van der Waals surface area (Å²) < 4.78 is 5.06. The lowest BCUT2D eigenvalue weighted by Gasteiger charge is -2.07. The van der Waals surface area contributed by atoms with Gasteiger partial charge in [-0.05, 0) is 61.8 Å². The van der Waals surface area contributed by atoms with Crippen molar-refractivity contribution in [1.82, 2.24) is 0 Å². The summed E-state index contributed by atoms with van der Waals surface area (Å²) in [5, 5.41) is 0. The summed E-state index contributed by atoms with van der Waals surface area (Å²) in [6, 6.07) is 9.29. The fraction of sp³-hybridized carbons (Fsp3) is 0.375. The van der Waals surface area contributed by atoms with Crippen LogP contribution in [0.25, 0.3) is 0 Å². The standard InChI is InChI=1S/C24H24O4/c1-2-28-22(26)16-19-14-20(24(27)23(19)18-10-6-7-11-18)15-21(25)13-12-17-8-4-3-5-9-17/h3-5,8-10,20H,2,6-7,11,14-16H2,1H3. The molecule has 3 rings (SSSR count). The van der Waals surface area contributed by atoms with Crippen LogP contribution in [0.5, 0.6) is 0 Å². The molecule has 144 valence electrons. The van der Waals surface area contributed by atoms with Crippen molar-refractivity contribution >= 4 is 17.5 Å². The van der Waals surface area contributed by atoms with Crippen LogP contribution in [-0.2, 0) is 19.1 Å². The topological polar surface area (TPSA) is 60.4 Å². The van der Waals surface area contributed by atoms with E-state index in [0.717, 1.165) is 36.0 Å². The van der Waals surface area contributed by atoms with E-state index in [4.69, 9.17) is 4.74 Å². The third-order valence-corrected chi connectivity index (χ3v) is 5.04. The Hall–Kier alpha value is -2.93. The van der Waals surface area contributed by atoms with Crippen LogP contribution in [0, 0.1) is 17.8 Å². The van der Waals surface area contributed by atoms with E-state index in [2.05, 4.69) is 17.9 Å². The fourth-order valence-electron chi connectivity index (χ4n) is 3.80. The minimum absolute atomic E-state index is 0.0256. The van der Waals surface area contributed by atoms with Gasteiger partial charge in [-0.1, -0.05) is 30.2 Å². The van der Waals surface area contributed by atoms with Gasteiger partial charge in [-0.3, -0.25) is 14.4 Å². The predicted octanol–water partition coefficient (Wildman–Crippen LogP) is 3.95. The molecule has 0 spiro atoms. The predicted molar refractivity (Wildman–Crippen MR) is 106 cm³/mol. The van der Waals surface area contributed by atoms with Crippen LogP contribution in [0.2, 0.25) is 0 Å². The molecule has 0 heterocycles. The quantitative estimate of drug-likeness (QED) is 0.557. The number of hydrogen-bond acceptors (Lipinski definition) is 4. The third kappa shape index (κ3) is 4.86. The zero-order chi connectivity index (χ0) is 19.9. The molecule has 28 heavy (non-hydrogen) atoms. The van der Waals surface area contributed by atoms with Crippen molar-refractivity contribution in [2.24, 2.45) is 5.92 Å². The highest BCUT2D eigenvalue weighted by Crippen LogP contribution is 2.39. The summed E-state index contributed by atoms with van der Waals surface area (Å²) in [7, 11) is 0. The average Bonchev–Trinajstić information content (AvgIpc) is 3.30. The van der Waals surface area contributed by atoms with Crippen LogP contribution in [-0.4, -0.2) is 24.1 Å². The van der Waals surface area contributed by atoms with Crippen molar-refractivity contribution in [3.8, 4) is 11.8 Å². The van der Waals surface area contributed by atoms with Crippen LogP contribution in [0.15, 0.2) is 53.1 Å². The van der Waals surface area contributed by atoms with Gasteiger partial charge < -0.3 is 4.74 Å². The second-order valence-electron chi connectivity index (χ2n) is 7.09. The first-order valence-electron chi connectivity index (χ1n) is 9.79. The van der Waals surface area contributed by atoms with Crippen LogP contribution >= 0.6 is 0 Å². The largest absolute Gasteiger partial charge is 0.466 e. The number of hydrogen-bond donors (Lipinski definition) is 0. The number of esters is 1. The molecule has 0 saturated heterocycles. The third-order valence-electron chi connectivity index (χ3n) is 5.04. The number of ether oxygens (including phenoxy) is 1. The molecule has 0 saturated carbocycles. The average molecular weight is 376 g/mol. The lowest BCUT2D eigenvalue weighted by molar-refractivity contribution is -0.142. The van der Waals surface area contributed by atoms with Crippen molar-refractivity contribution in [3.63, 3.8) is 0 Å². The highest BCUT2D eigenvalue weighted by atomic mass is 16.5. The summed E-state index contributed by atoms with van der Waals surface area (Å²) in [5.41, 5.74) is 3.27. The van der Waals surface area contributed by atoms with E-state index < -0.39 is 5.92 Å². The molecule has 0 N–H and O–H groups in total. The zero-order valence-electron chi connectivity index (χ0n) is 16.1. The van der Waals surface area contributed by atoms with E-state index in [0.29, 0.717) is 18.6 Å². The lowest BCUT2D eigenvalue weighted by atomic mass is 9.94. The first-order chi connectivity index (χ1) is 13.6. The van der Waals surface area contributed by atoms with E-state index in [1.54, 1.807) is 6.92 Å². The van der Waals surface area contributed by atoms with E-state index in [9.17, 15) is 14.4 Å². The van der Waals surface area contributed by atoms with Crippen molar-refractivity contribution in [2.75, 3.05) is 6.61 Å². The molecule has 1 atom stereocenters. The van der Waals surface area contributed by atoms with Crippen LogP contribution < -0.4 is 0 Å². The maximum Gasteiger partial charge on any atom is 0.309 e. The van der Waals surface area contributed by atoms with Gasteiger partial charge in [0, 0.05) is 23.5 Å². The first kappa shape index (κ1) is 19.8. The minimum Gasteiger partial charge on any atom is -0.466 e. The number of carbonyl (C=O) groups excluding carboxylic acids is 3. The van der Waals surface area contributed by atoms with Gasteiger partial charge in [-0.15, -0.1) is 0 Å². The Morgan fingerprint density at radius 3 is 2.68 bits per heavy atom. The zero-order valence-corrected chi connectivity index (χ0v) is 16.1. The molecule has 2 aliphatic carbocycles. The van der Waals surface area contributed by atoms with E-state index in [-0.39, 0.29) is 30.4 Å². The molecular formula is C24H24O4. The summed E-state index contributed by atoms with van der Waals surface area (Å²) in [6.07, 6.45) is 5.53. The monoisotopic (exact) mass is 376 g/mol. The second-order valence-corrected chi connectivity index (χ2v) is 7.09. The first-order valence-corrected chi connectivity index (χ1v) is 9.79. The molecule has 0 fully saturated rings. The van der Waals surface area contributed by atoms with Gasteiger partial charge in [-0.25, -0.2) is 0 Å². The molecule has 2 aliphatic rings. The molecule has 0 aliphatic heterocycles. The Labute approximate surface area is 165 Å². The van der Waals surface area contributed by atoms with Crippen molar-refractivity contribution in [1.29, 1.82) is 0 Å². The summed E-state index contributed by atoms with van der Waals surface area (Å²) >= 11 is 0. The number of ketones is 2. The van der Waals surface area contributed by atoms with Gasteiger partial charge in [0.15, 0.2) is 5.78 Å². The molecule has 1 aromatic rings. The molecule has 0 aromatic heterocycles. The number of rotatable bonds is 6. The summed E-state index contributed by atoms with van der Waals surface area (Å²) in [4.78, 5) is 37.3. The molecule has 0 bridgehead atoms. The Balaban J connectivity index is 1.72. The SMILES string of the molecule is CCOC(=O)CC1=C(C2=CCCC2)C(=O)C(CC(=O)C#Cc2ccccc2)C1. The Bertz CT molecular complexity index is 894. The van der Waals surface area contributed by atoms with Gasteiger partial charge >= 0.3 is 5.97 Å². The highest BCUT2D eigenvalue weighted by molar-refractivity contribution is 6.08. The van der Waals surface area contributed by atoms with Gasteiger partial charge in [0.25, 0.3) is 0 Å². The smallest absolute Gasteiger partial charge is 0.309 e. The van der Waals surface area contributed by atoms with Crippen LogP contribution in [0.1, 0.15) is 51.0 Å². The highest BCUT2D eigenvalue weighted by Gasteiger charge is 2.36. The summed E-state index contributed by atoms with van der Waals surface area (Å²) in [6.45, 7) is 2.08. The van der Waals surface area contributed by atoms with Gasteiger partial charge in [-0.2, -0.15) is 0 Å². The Morgan fingerprint density at radius 2 is 2.00 bits per heavy atom. The second kappa shape index (κ2) is 9.32. The van der Waals surface area contributed by atoms with Crippen LogP contribution in [0.4, 0.5) is 0 Å². The van der Waals surface area contributed by atoms with Gasteiger partial charge in [0.05, 0.1) is 13.0 Å². The molecule has 0 radical (unpaired) electrons. The maximum absolute atomic E-state index is 13.0. The molecule has 1 aromatic carbocycles. The van der Waals surface area contributed by atoms with E-state index in [1.165, 1.54) is 0 Å². The number of carbonyl (C=O) groups is 3. The van der Waals surface area contributed by atoms with Crippen molar-refractivity contribution in [3.05, 3.63) is 58.7 Å². The van der Waals surface area contributed by atoms with Crippen LogP contribution in [0.3, 0.4) is 0 Å². The lowest BCUT2D eigenvalue weighted by Crippen LogP contribution is -2.15. The number of Topliss-reactive ketones (excluding diaryl/α,β-unsaturated/α-hetero) is 2. The number of benzene rings is 1. The number of allylic oxidation sites excluding steroid dienone is 3. The van der Waals surface area contributed by atoms with Gasteiger partial charge in [0.1, 0.15) is 0 Å². The van der Waals surface area contributed by atoms with Crippen molar-refractivity contribution in [2.45, 2.75) is 45.4 Å². The van der Waals surface area contributed by atoms with E-state index >= 15 is 0 Å². The Kier molecular flexibility index (Phi) is 6.60. The maximum atomic E-state index is 13.0. The van der Waals surface area contributed by atoms with Gasteiger partial charge in [0.2, 0.25) is 5.78 Å². The molecule has 1 unspecified atom stereocenters. The fourth-order valence-corrected chi connectivity index (χ4v) is 3.80. The molecule has 0 amide bonds. The molecule has 4 nitrogen and oxygen atoms in total.